The average molecular weight is 290 g/mol. The van der Waals surface area contributed by atoms with Crippen LogP contribution in [-0.4, -0.2) is 28.2 Å². The molecule has 2 heteroatoms. The van der Waals surface area contributed by atoms with E-state index in [0.29, 0.717) is 0 Å². The molecular weight excluding hydrogens is 268 g/mol. The van der Waals surface area contributed by atoms with Gasteiger partial charge in [-0.2, -0.15) is 0 Å². The molecule has 0 amide bonds. The van der Waals surface area contributed by atoms with E-state index in [9.17, 15) is 0 Å². The minimum Gasteiger partial charge on any atom is -0.378 e. The Balaban J connectivity index is 2.00. The number of rotatable bonds is 3. The van der Waals surface area contributed by atoms with Crippen molar-refractivity contribution in [1.82, 2.24) is 0 Å². The third-order valence-corrected chi connectivity index (χ3v) is 3.37. The molecule has 0 N–H and O–H groups in total. The van der Waals surface area contributed by atoms with E-state index in [0.717, 1.165) is 11.1 Å². The maximum atomic E-state index is 3.15. The van der Waals surface area contributed by atoms with Crippen molar-refractivity contribution in [3.05, 3.63) is 65.7 Å². The first kappa shape index (κ1) is 15.7. The lowest BCUT2D eigenvalue weighted by Crippen LogP contribution is -2.07. The van der Waals surface area contributed by atoms with Crippen LogP contribution in [0.2, 0.25) is 0 Å². The number of allylic oxidation sites excluding steroid dienone is 1. The number of benzene rings is 2. The summed E-state index contributed by atoms with van der Waals surface area (Å²) < 4.78 is 0. The van der Waals surface area contributed by atoms with Gasteiger partial charge in [-0.1, -0.05) is 24.0 Å². The second-order valence-corrected chi connectivity index (χ2v) is 5.53. The zero-order chi connectivity index (χ0) is 15.9. The van der Waals surface area contributed by atoms with Crippen LogP contribution in [0.4, 0.5) is 11.4 Å². The standard InChI is InChI=1S/C20H22N2/c1-21(2)19-13-9-17(10-14-19)7-5-6-8-18-11-15-20(16-12-18)22(3)4/h5,7,9-16H,1-4H3/b7-5+. The van der Waals surface area contributed by atoms with Crippen LogP contribution in [0.25, 0.3) is 6.08 Å². The van der Waals surface area contributed by atoms with Gasteiger partial charge in [-0.15, -0.1) is 0 Å². The van der Waals surface area contributed by atoms with Crippen molar-refractivity contribution in [3.8, 4) is 11.8 Å². The monoisotopic (exact) mass is 290 g/mol. The predicted molar refractivity (Wildman–Crippen MR) is 97.5 cm³/mol. The summed E-state index contributed by atoms with van der Waals surface area (Å²) in [6.45, 7) is 0. The summed E-state index contributed by atoms with van der Waals surface area (Å²) in [5.74, 6) is 6.23. The average Bonchev–Trinajstić information content (AvgIpc) is 2.52. The van der Waals surface area contributed by atoms with Crippen molar-refractivity contribution in [2.75, 3.05) is 38.0 Å². The van der Waals surface area contributed by atoms with Gasteiger partial charge in [-0.3, -0.25) is 0 Å². The first-order valence-electron chi connectivity index (χ1n) is 7.29. The van der Waals surface area contributed by atoms with E-state index in [4.69, 9.17) is 0 Å². The van der Waals surface area contributed by atoms with Gasteiger partial charge in [-0.25, -0.2) is 0 Å². The van der Waals surface area contributed by atoms with Crippen molar-refractivity contribution < 1.29 is 0 Å². The zero-order valence-corrected chi connectivity index (χ0v) is 13.7. The first-order valence-corrected chi connectivity index (χ1v) is 7.29. The molecule has 0 heterocycles. The van der Waals surface area contributed by atoms with Gasteiger partial charge >= 0.3 is 0 Å². The van der Waals surface area contributed by atoms with Crippen molar-refractivity contribution >= 4 is 17.5 Å². The van der Waals surface area contributed by atoms with Crippen LogP contribution in [0.5, 0.6) is 0 Å². The third kappa shape index (κ3) is 4.43. The minimum absolute atomic E-state index is 1.03. The molecule has 0 aliphatic rings. The maximum Gasteiger partial charge on any atom is 0.0361 e. The van der Waals surface area contributed by atoms with Crippen LogP contribution in [-0.2, 0) is 0 Å². The summed E-state index contributed by atoms with van der Waals surface area (Å²) in [6, 6.07) is 16.6. The van der Waals surface area contributed by atoms with E-state index >= 15 is 0 Å². The highest BCUT2D eigenvalue weighted by molar-refractivity contribution is 5.58. The van der Waals surface area contributed by atoms with Crippen LogP contribution >= 0.6 is 0 Å². The molecule has 0 saturated heterocycles. The number of anilines is 2. The van der Waals surface area contributed by atoms with Crippen molar-refractivity contribution in [2.24, 2.45) is 0 Å². The summed E-state index contributed by atoms with van der Waals surface area (Å²) in [5.41, 5.74) is 4.56. The Bertz CT molecular complexity index is 681. The molecule has 0 saturated carbocycles. The predicted octanol–water partition coefficient (Wildman–Crippen LogP) is 3.88. The lowest BCUT2D eigenvalue weighted by molar-refractivity contribution is 1.13. The van der Waals surface area contributed by atoms with E-state index in [1.807, 2.05) is 52.5 Å². The second kappa shape index (κ2) is 7.38. The van der Waals surface area contributed by atoms with Gasteiger partial charge in [0.05, 0.1) is 0 Å². The summed E-state index contributed by atoms with van der Waals surface area (Å²) in [7, 11) is 8.14. The van der Waals surface area contributed by atoms with Crippen LogP contribution in [0.1, 0.15) is 11.1 Å². The largest absolute Gasteiger partial charge is 0.378 e. The van der Waals surface area contributed by atoms with E-state index < -0.39 is 0 Å². The van der Waals surface area contributed by atoms with E-state index in [2.05, 4.69) is 58.0 Å². The molecule has 2 aromatic rings. The summed E-state index contributed by atoms with van der Waals surface area (Å²) in [6.07, 6.45) is 3.92. The van der Waals surface area contributed by atoms with Crippen LogP contribution in [0.3, 0.4) is 0 Å². The van der Waals surface area contributed by atoms with E-state index in [1.54, 1.807) is 0 Å². The molecule has 0 aliphatic heterocycles. The minimum atomic E-state index is 1.03. The summed E-state index contributed by atoms with van der Waals surface area (Å²) >= 11 is 0. The Labute approximate surface area is 133 Å². The van der Waals surface area contributed by atoms with Gasteiger partial charge in [0.25, 0.3) is 0 Å². The number of nitrogens with zero attached hydrogens (tertiary/aromatic N) is 2. The van der Waals surface area contributed by atoms with Gasteiger partial charge in [0.2, 0.25) is 0 Å². The van der Waals surface area contributed by atoms with Crippen molar-refractivity contribution in [1.29, 1.82) is 0 Å². The number of hydrogen-bond donors (Lipinski definition) is 0. The van der Waals surface area contributed by atoms with Gasteiger partial charge in [-0.05, 0) is 54.1 Å². The SMILES string of the molecule is CN(C)c1ccc(C#C/C=C/c2ccc(N(C)C)cc2)cc1. The molecule has 0 bridgehead atoms. The zero-order valence-electron chi connectivity index (χ0n) is 13.7. The topological polar surface area (TPSA) is 6.48 Å². The van der Waals surface area contributed by atoms with E-state index in [-0.39, 0.29) is 0 Å². The number of hydrogen-bond acceptors (Lipinski definition) is 2. The first-order chi connectivity index (χ1) is 10.6. The molecule has 0 radical (unpaired) electrons. The fourth-order valence-corrected chi connectivity index (χ4v) is 1.99. The Kier molecular flexibility index (Phi) is 5.27. The van der Waals surface area contributed by atoms with Gasteiger partial charge in [0.15, 0.2) is 0 Å². The molecule has 2 rings (SSSR count). The Morgan fingerprint density at radius 1 is 0.727 bits per heavy atom. The quantitative estimate of drug-likeness (QED) is 0.791. The highest BCUT2D eigenvalue weighted by Gasteiger charge is 1.94. The molecule has 0 unspecified atom stereocenters. The van der Waals surface area contributed by atoms with Crippen LogP contribution in [0.15, 0.2) is 54.6 Å². The molecule has 0 atom stereocenters. The van der Waals surface area contributed by atoms with Crippen molar-refractivity contribution in [3.63, 3.8) is 0 Å². The van der Waals surface area contributed by atoms with Gasteiger partial charge < -0.3 is 9.80 Å². The third-order valence-electron chi connectivity index (χ3n) is 3.37. The van der Waals surface area contributed by atoms with Crippen LogP contribution in [0, 0.1) is 11.8 Å². The molecule has 2 nitrogen and oxygen atoms in total. The summed E-state index contributed by atoms with van der Waals surface area (Å²) in [4.78, 5) is 4.17. The van der Waals surface area contributed by atoms with Gasteiger partial charge in [0, 0.05) is 45.1 Å². The van der Waals surface area contributed by atoms with Crippen molar-refractivity contribution in [2.45, 2.75) is 0 Å². The molecule has 0 spiro atoms. The fraction of sp³-hybridized carbons (Fsp3) is 0.200. The highest BCUT2D eigenvalue weighted by atomic mass is 15.1. The smallest absolute Gasteiger partial charge is 0.0361 e. The second-order valence-electron chi connectivity index (χ2n) is 5.53. The fourth-order valence-electron chi connectivity index (χ4n) is 1.99. The highest BCUT2D eigenvalue weighted by Crippen LogP contribution is 2.13. The molecule has 22 heavy (non-hydrogen) atoms. The lowest BCUT2D eigenvalue weighted by Gasteiger charge is -2.11. The Morgan fingerprint density at radius 2 is 1.23 bits per heavy atom. The Hall–Kier alpha value is -2.66. The van der Waals surface area contributed by atoms with E-state index in [1.165, 1.54) is 11.4 Å². The normalized spacial score (nSPS) is 10.2. The molecular formula is C20H22N2. The molecule has 2 aromatic carbocycles. The molecule has 0 aromatic heterocycles. The maximum absolute atomic E-state index is 3.15. The molecule has 112 valence electrons. The van der Waals surface area contributed by atoms with Gasteiger partial charge in [0.1, 0.15) is 0 Å². The molecule has 0 fully saturated rings. The lowest BCUT2D eigenvalue weighted by atomic mass is 10.2. The molecule has 0 aliphatic carbocycles. The van der Waals surface area contributed by atoms with Crippen LogP contribution < -0.4 is 9.80 Å². The Morgan fingerprint density at radius 3 is 1.73 bits per heavy atom. The summed E-state index contributed by atoms with van der Waals surface area (Å²) in [5, 5.41) is 0.